The molecule has 5 nitrogen and oxygen atoms in total. The number of para-hydroxylation sites is 1. The fourth-order valence-corrected chi connectivity index (χ4v) is 2.48. The summed E-state index contributed by atoms with van der Waals surface area (Å²) >= 11 is 0. The maximum absolute atomic E-state index is 11.9. The van der Waals surface area contributed by atoms with Gasteiger partial charge in [0.05, 0.1) is 6.54 Å². The fourth-order valence-electron chi connectivity index (χ4n) is 2.48. The second-order valence-electron chi connectivity index (χ2n) is 5.37. The number of aryl methyl sites for hydroxylation is 1. The average Bonchev–Trinajstić information content (AvgIpc) is 2.90. The number of amides is 2. The van der Waals surface area contributed by atoms with Crippen molar-refractivity contribution in [2.75, 3.05) is 6.54 Å². The summed E-state index contributed by atoms with van der Waals surface area (Å²) in [4.78, 5) is 15.9. The van der Waals surface area contributed by atoms with Crippen LogP contribution in [0.4, 0.5) is 4.79 Å². The van der Waals surface area contributed by atoms with Gasteiger partial charge in [0.15, 0.2) is 0 Å². The topological polar surface area (TPSA) is 67.2 Å². The van der Waals surface area contributed by atoms with Crippen molar-refractivity contribution in [3.63, 3.8) is 0 Å². The number of urea groups is 1. The molecule has 2 aromatic heterocycles. The zero-order valence-electron chi connectivity index (χ0n) is 13.0. The Morgan fingerprint density at radius 2 is 2.04 bits per heavy atom. The minimum atomic E-state index is -0.200. The Morgan fingerprint density at radius 1 is 1.17 bits per heavy atom. The highest BCUT2D eigenvalue weighted by Crippen LogP contribution is 2.24. The molecule has 0 fully saturated rings. The number of hydrogen-bond acceptors (Lipinski definition) is 3. The number of nitrogens with zero attached hydrogens (tertiary/aromatic N) is 1. The molecule has 0 unspecified atom stereocenters. The van der Waals surface area contributed by atoms with E-state index in [1.54, 1.807) is 12.4 Å². The van der Waals surface area contributed by atoms with Gasteiger partial charge in [-0.05, 0) is 31.0 Å². The van der Waals surface area contributed by atoms with Gasteiger partial charge in [0.1, 0.15) is 11.3 Å². The van der Waals surface area contributed by atoms with Crippen LogP contribution < -0.4 is 10.6 Å². The molecule has 118 valence electrons. The second kappa shape index (κ2) is 6.96. The van der Waals surface area contributed by atoms with Crippen molar-refractivity contribution < 1.29 is 9.21 Å². The Labute approximate surface area is 134 Å². The molecule has 0 spiro atoms. The first-order valence-electron chi connectivity index (χ1n) is 7.61. The number of rotatable bonds is 5. The van der Waals surface area contributed by atoms with E-state index < -0.39 is 0 Å². The summed E-state index contributed by atoms with van der Waals surface area (Å²) < 4.78 is 5.77. The molecule has 0 aliphatic heterocycles. The molecule has 2 heterocycles. The molecule has 3 rings (SSSR count). The van der Waals surface area contributed by atoms with E-state index in [4.69, 9.17) is 4.42 Å². The van der Waals surface area contributed by atoms with Crippen LogP contribution in [0.5, 0.6) is 0 Å². The van der Waals surface area contributed by atoms with Gasteiger partial charge in [-0.2, -0.15) is 0 Å². The number of aromatic nitrogens is 1. The molecule has 2 N–H and O–H groups in total. The van der Waals surface area contributed by atoms with E-state index in [2.05, 4.69) is 15.6 Å². The third-order valence-electron chi connectivity index (χ3n) is 3.77. The Bertz CT molecular complexity index is 796. The van der Waals surface area contributed by atoms with Crippen molar-refractivity contribution in [2.45, 2.75) is 19.9 Å². The maximum atomic E-state index is 11.9. The van der Waals surface area contributed by atoms with E-state index in [0.29, 0.717) is 13.1 Å². The second-order valence-corrected chi connectivity index (χ2v) is 5.37. The predicted octanol–water partition coefficient (Wildman–Crippen LogP) is 3.18. The highest BCUT2D eigenvalue weighted by molar-refractivity contribution is 5.82. The van der Waals surface area contributed by atoms with Gasteiger partial charge < -0.3 is 15.1 Å². The van der Waals surface area contributed by atoms with Gasteiger partial charge >= 0.3 is 6.03 Å². The van der Waals surface area contributed by atoms with Crippen LogP contribution in [0.15, 0.2) is 53.2 Å². The number of hydrogen-bond donors (Lipinski definition) is 2. The van der Waals surface area contributed by atoms with Crippen molar-refractivity contribution in [3.8, 4) is 0 Å². The van der Waals surface area contributed by atoms with Crippen LogP contribution >= 0.6 is 0 Å². The zero-order valence-corrected chi connectivity index (χ0v) is 13.0. The lowest BCUT2D eigenvalue weighted by atomic mass is 10.1. The summed E-state index contributed by atoms with van der Waals surface area (Å²) in [7, 11) is 0. The standard InChI is InChI=1S/C18H19N3O2/c1-13-15-6-2-3-7-16(15)23-17(13)12-21-18(22)20-10-8-14-5-4-9-19-11-14/h2-7,9,11H,8,10,12H2,1H3,(H2,20,21,22). The molecule has 23 heavy (non-hydrogen) atoms. The average molecular weight is 309 g/mol. The van der Waals surface area contributed by atoms with E-state index in [-0.39, 0.29) is 6.03 Å². The first-order valence-corrected chi connectivity index (χ1v) is 7.61. The SMILES string of the molecule is Cc1c(CNC(=O)NCCc2cccnc2)oc2ccccc12. The quantitative estimate of drug-likeness (QED) is 0.760. The van der Waals surface area contributed by atoms with Crippen LogP contribution in [0.2, 0.25) is 0 Å². The van der Waals surface area contributed by atoms with Gasteiger partial charge in [0.25, 0.3) is 0 Å². The molecule has 0 saturated carbocycles. The first kappa shape index (κ1) is 15.1. The highest BCUT2D eigenvalue weighted by atomic mass is 16.3. The van der Waals surface area contributed by atoms with E-state index in [0.717, 1.165) is 34.3 Å². The van der Waals surface area contributed by atoms with Crippen LogP contribution in [0.3, 0.4) is 0 Å². The van der Waals surface area contributed by atoms with Crippen molar-refractivity contribution >= 4 is 17.0 Å². The van der Waals surface area contributed by atoms with Gasteiger partial charge in [-0.25, -0.2) is 4.79 Å². The number of furan rings is 1. The molecular formula is C18H19N3O2. The van der Waals surface area contributed by atoms with Crippen LogP contribution in [-0.4, -0.2) is 17.6 Å². The number of pyridine rings is 1. The molecular weight excluding hydrogens is 290 g/mol. The predicted molar refractivity (Wildman–Crippen MR) is 89.1 cm³/mol. The van der Waals surface area contributed by atoms with Crippen molar-refractivity contribution in [1.82, 2.24) is 15.6 Å². The summed E-state index contributed by atoms with van der Waals surface area (Å²) in [5.41, 5.74) is 3.01. The number of benzene rings is 1. The Balaban J connectivity index is 1.49. The smallest absolute Gasteiger partial charge is 0.315 e. The molecule has 2 amide bonds. The molecule has 0 saturated heterocycles. The minimum Gasteiger partial charge on any atom is -0.459 e. The highest BCUT2D eigenvalue weighted by Gasteiger charge is 2.10. The minimum absolute atomic E-state index is 0.200. The number of carbonyl (C=O) groups excluding carboxylic acids is 1. The van der Waals surface area contributed by atoms with Crippen LogP contribution in [0, 0.1) is 6.92 Å². The summed E-state index contributed by atoms with van der Waals surface area (Å²) in [6, 6.07) is 11.5. The zero-order chi connectivity index (χ0) is 16.1. The van der Waals surface area contributed by atoms with E-state index in [1.165, 1.54) is 0 Å². The number of carbonyl (C=O) groups is 1. The van der Waals surface area contributed by atoms with Crippen molar-refractivity contribution in [2.24, 2.45) is 0 Å². The molecule has 3 aromatic rings. The lowest BCUT2D eigenvalue weighted by Gasteiger charge is -2.06. The molecule has 0 aliphatic carbocycles. The Hall–Kier alpha value is -2.82. The van der Waals surface area contributed by atoms with Gasteiger partial charge in [0.2, 0.25) is 0 Å². The summed E-state index contributed by atoms with van der Waals surface area (Å²) in [5.74, 6) is 0.786. The van der Waals surface area contributed by atoms with Crippen LogP contribution in [0.25, 0.3) is 11.0 Å². The van der Waals surface area contributed by atoms with E-state index >= 15 is 0 Å². The number of fused-ring (bicyclic) bond motifs is 1. The monoisotopic (exact) mass is 309 g/mol. The first-order chi connectivity index (χ1) is 11.2. The Morgan fingerprint density at radius 3 is 2.83 bits per heavy atom. The van der Waals surface area contributed by atoms with E-state index in [9.17, 15) is 4.79 Å². The maximum Gasteiger partial charge on any atom is 0.315 e. The van der Waals surface area contributed by atoms with Gasteiger partial charge in [-0.15, -0.1) is 0 Å². The molecule has 0 radical (unpaired) electrons. The number of nitrogens with one attached hydrogen (secondary N) is 2. The summed E-state index contributed by atoms with van der Waals surface area (Å²) in [5, 5.41) is 6.75. The molecule has 1 aromatic carbocycles. The lowest BCUT2D eigenvalue weighted by Crippen LogP contribution is -2.36. The van der Waals surface area contributed by atoms with Gasteiger partial charge in [-0.1, -0.05) is 24.3 Å². The Kier molecular flexibility index (Phi) is 4.57. The summed E-state index contributed by atoms with van der Waals surface area (Å²) in [6.45, 7) is 2.94. The van der Waals surface area contributed by atoms with Crippen molar-refractivity contribution in [1.29, 1.82) is 0 Å². The molecule has 0 bridgehead atoms. The molecule has 0 aliphatic rings. The third kappa shape index (κ3) is 3.69. The fraction of sp³-hybridized carbons (Fsp3) is 0.222. The largest absolute Gasteiger partial charge is 0.459 e. The van der Waals surface area contributed by atoms with Gasteiger partial charge in [-0.3, -0.25) is 4.98 Å². The molecule has 0 atom stereocenters. The molecule has 5 heteroatoms. The van der Waals surface area contributed by atoms with Gasteiger partial charge in [0, 0.05) is 29.9 Å². The summed E-state index contributed by atoms with van der Waals surface area (Å²) in [6.07, 6.45) is 4.29. The van der Waals surface area contributed by atoms with E-state index in [1.807, 2.05) is 43.3 Å². The van der Waals surface area contributed by atoms with Crippen LogP contribution in [0.1, 0.15) is 16.9 Å². The van der Waals surface area contributed by atoms with Crippen molar-refractivity contribution in [3.05, 3.63) is 65.7 Å². The third-order valence-corrected chi connectivity index (χ3v) is 3.77. The lowest BCUT2D eigenvalue weighted by molar-refractivity contribution is 0.239. The normalized spacial score (nSPS) is 10.7. The van der Waals surface area contributed by atoms with Crippen LogP contribution in [-0.2, 0) is 13.0 Å².